The molecule has 1 nitrogen and oxygen atoms in total. The van der Waals surface area contributed by atoms with E-state index in [1.807, 2.05) is 0 Å². The van der Waals surface area contributed by atoms with Crippen molar-refractivity contribution < 1.29 is 0 Å². The Morgan fingerprint density at radius 2 is 1.39 bits per heavy atom. The first kappa shape index (κ1) is 14.1. The summed E-state index contributed by atoms with van der Waals surface area (Å²) in [5, 5.41) is 0. The summed E-state index contributed by atoms with van der Waals surface area (Å²) in [5.74, 6) is 0. The third-order valence-corrected chi connectivity index (χ3v) is 4.74. The van der Waals surface area contributed by atoms with Crippen molar-refractivity contribution in [2.24, 2.45) is 0 Å². The Balaban J connectivity index is 1.74. The predicted molar refractivity (Wildman–Crippen MR) is 96.6 cm³/mol. The average molecular weight is 299 g/mol. The van der Waals surface area contributed by atoms with Gasteiger partial charge in [0.1, 0.15) is 0 Å². The Hall–Kier alpha value is -2.54. The summed E-state index contributed by atoms with van der Waals surface area (Å²) in [6.07, 6.45) is 2.33. The fourth-order valence-corrected chi connectivity index (χ4v) is 3.62. The molecule has 0 amide bonds. The highest BCUT2D eigenvalue weighted by molar-refractivity contribution is 5.58. The van der Waals surface area contributed by atoms with Crippen LogP contribution in [0.1, 0.15) is 29.2 Å². The van der Waals surface area contributed by atoms with Crippen molar-refractivity contribution in [2.45, 2.75) is 25.4 Å². The zero-order chi connectivity index (χ0) is 15.5. The lowest BCUT2D eigenvalue weighted by molar-refractivity contribution is 0.546. The highest BCUT2D eigenvalue weighted by Gasteiger charge is 2.27. The molecule has 0 aromatic heterocycles. The molecule has 0 N–H and O–H groups in total. The second-order valence-corrected chi connectivity index (χ2v) is 6.21. The van der Waals surface area contributed by atoms with Gasteiger partial charge in [-0.1, -0.05) is 78.9 Å². The highest BCUT2D eigenvalue weighted by Crippen LogP contribution is 2.39. The van der Waals surface area contributed by atoms with E-state index >= 15 is 0 Å². The van der Waals surface area contributed by atoms with E-state index in [4.69, 9.17) is 0 Å². The summed E-state index contributed by atoms with van der Waals surface area (Å²) in [6.45, 7) is 0.956. The zero-order valence-electron chi connectivity index (χ0n) is 13.2. The van der Waals surface area contributed by atoms with Gasteiger partial charge in [0.15, 0.2) is 0 Å². The molecule has 1 atom stereocenters. The van der Waals surface area contributed by atoms with Crippen LogP contribution in [0.5, 0.6) is 0 Å². The summed E-state index contributed by atoms with van der Waals surface area (Å²) in [6, 6.07) is 31.0. The van der Waals surface area contributed by atoms with Crippen LogP contribution in [-0.2, 0) is 13.0 Å². The number of hydrogen-bond acceptors (Lipinski definition) is 1. The van der Waals surface area contributed by atoms with Gasteiger partial charge in [-0.3, -0.25) is 0 Å². The Morgan fingerprint density at radius 1 is 0.739 bits per heavy atom. The van der Waals surface area contributed by atoms with Gasteiger partial charge < -0.3 is 4.90 Å². The van der Waals surface area contributed by atoms with Crippen molar-refractivity contribution in [1.82, 2.24) is 0 Å². The van der Waals surface area contributed by atoms with Gasteiger partial charge in [0.2, 0.25) is 0 Å². The molecule has 114 valence electrons. The molecule has 23 heavy (non-hydrogen) atoms. The van der Waals surface area contributed by atoms with Gasteiger partial charge in [-0.05, 0) is 35.6 Å². The molecule has 0 radical (unpaired) electrons. The van der Waals surface area contributed by atoms with Crippen LogP contribution < -0.4 is 4.90 Å². The van der Waals surface area contributed by atoms with Crippen molar-refractivity contribution in [3.63, 3.8) is 0 Å². The predicted octanol–water partition coefficient (Wildman–Crippen LogP) is 5.38. The van der Waals surface area contributed by atoms with Crippen LogP contribution in [0.3, 0.4) is 0 Å². The molecule has 1 heterocycles. The fourth-order valence-electron chi connectivity index (χ4n) is 3.62. The molecule has 0 saturated carbocycles. The van der Waals surface area contributed by atoms with E-state index in [1.54, 1.807) is 0 Å². The largest absolute Gasteiger partial charge is 0.360 e. The number of fused-ring (bicyclic) bond motifs is 1. The first-order valence-electron chi connectivity index (χ1n) is 8.35. The SMILES string of the molecule is c1ccc(CN2c3ccccc3CCC2c2ccccc2)cc1. The third kappa shape index (κ3) is 2.87. The molecular formula is C22H21N. The maximum atomic E-state index is 2.57. The van der Waals surface area contributed by atoms with Crippen LogP contribution in [0.15, 0.2) is 84.9 Å². The standard InChI is InChI=1S/C22H21N/c1-3-9-18(10-4-1)17-23-21-14-8-7-13-20(21)15-16-22(23)19-11-5-2-6-12-19/h1-14,22H,15-17H2. The zero-order valence-corrected chi connectivity index (χ0v) is 13.2. The van der Waals surface area contributed by atoms with Crippen molar-refractivity contribution in [3.8, 4) is 0 Å². The highest BCUT2D eigenvalue weighted by atomic mass is 15.2. The fraction of sp³-hybridized carbons (Fsp3) is 0.182. The van der Waals surface area contributed by atoms with Gasteiger partial charge in [0.25, 0.3) is 0 Å². The first-order chi connectivity index (χ1) is 11.4. The minimum absolute atomic E-state index is 0.450. The number of hydrogen-bond donors (Lipinski definition) is 0. The smallest absolute Gasteiger partial charge is 0.0549 e. The van der Waals surface area contributed by atoms with Crippen molar-refractivity contribution in [2.75, 3.05) is 4.90 Å². The second kappa shape index (κ2) is 6.29. The van der Waals surface area contributed by atoms with Crippen LogP contribution in [-0.4, -0.2) is 0 Å². The van der Waals surface area contributed by atoms with Gasteiger partial charge in [-0.2, -0.15) is 0 Å². The molecule has 3 aromatic carbocycles. The number of nitrogens with zero attached hydrogens (tertiary/aromatic N) is 1. The van der Waals surface area contributed by atoms with Gasteiger partial charge >= 0.3 is 0 Å². The lowest BCUT2D eigenvalue weighted by atomic mass is 9.91. The summed E-state index contributed by atoms with van der Waals surface area (Å²) in [4.78, 5) is 2.57. The Morgan fingerprint density at radius 3 is 2.17 bits per heavy atom. The average Bonchev–Trinajstić information content (AvgIpc) is 2.64. The Labute approximate surface area is 138 Å². The molecule has 0 aliphatic carbocycles. The van der Waals surface area contributed by atoms with Crippen LogP contribution in [0.2, 0.25) is 0 Å². The Kier molecular flexibility index (Phi) is 3.85. The van der Waals surface area contributed by atoms with Gasteiger partial charge in [-0.25, -0.2) is 0 Å². The first-order valence-corrected chi connectivity index (χ1v) is 8.35. The number of rotatable bonds is 3. The summed E-state index contributed by atoms with van der Waals surface area (Å²) in [5.41, 5.74) is 5.63. The molecule has 1 aliphatic rings. The normalized spacial score (nSPS) is 16.9. The van der Waals surface area contributed by atoms with Gasteiger partial charge in [0, 0.05) is 12.2 Å². The molecule has 1 heteroatoms. The minimum Gasteiger partial charge on any atom is -0.360 e. The van der Waals surface area contributed by atoms with E-state index in [0.29, 0.717) is 6.04 Å². The quantitative estimate of drug-likeness (QED) is 0.627. The van der Waals surface area contributed by atoms with E-state index < -0.39 is 0 Å². The molecule has 4 rings (SSSR count). The molecule has 1 aliphatic heterocycles. The maximum absolute atomic E-state index is 2.57. The van der Waals surface area contributed by atoms with Crippen LogP contribution in [0, 0.1) is 0 Å². The van der Waals surface area contributed by atoms with Crippen molar-refractivity contribution in [1.29, 1.82) is 0 Å². The van der Waals surface area contributed by atoms with Gasteiger partial charge in [-0.15, -0.1) is 0 Å². The van der Waals surface area contributed by atoms with E-state index in [1.165, 1.54) is 28.8 Å². The Bertz CT molecular complexity index is 764. The van der Waals surface area contributed by atoms with Gasteiger partial charge in [0.05, 0.1) is 6.04 Å². The van der Waals surface area contributed by atoms with E-state index in [-0.39, 0.29) is 0 Å². The summed E-state index contributed by atoms with van der Waals surface area (Å²) in [7, 11) is 0. The minimum atomic E-state index is 0.450. The third-order valence-electron chi connectivity index (χ3n) is 4.74. The molecule has 0 bridgehead atoms. The summed E-state index contributed by atoms with van der Waals surface area (Å²) >= 11 is 0. The number of anilines is 1. The molecule has 0 spiro atoms. The van der Waals surface area contributed by atoms with Crippen molar-refractivity contribution >= 4 is 5.69 Å². The number of aryl methyl sites for hydroxylation is 1. The van der Waals surface area contributed by atoms with Crippen LogP contribution >= 0.6 is 0 Å². The topological polar surface area (TPSA) is 3.24 Å². The lowest BCUT2D eigenvalue weighted by Crippen LogP contribution is -2.32. The molecule has 1 unspecified atom stereocenters. The van der Waals surface area contributed by atoms with E-state index in [0.717, 1.165) is 13.0 Å². The van der Waals surface area contributed by atoms with E-state index in [2.05, 4.69) is 89.8 Å². The molecular weight excluding hydrogens is 278 g/mol. The number of para-hydroxylation sites is 1. The molecule has 3 aromatic rings. The maximum Gasteiger partial charge on any atom is 0.0549 e. The second-order valence-electron chi connectivity index (χ2n) is 6.21. The van der Waals surface area contributed by atoms with Crippen LogP contribution in [0.4, 0.5) is 5.69 Å². The molecule has 0 saturated heterocycles. The van der Waals surface area contributed by atoms with Crippen LogP contribution in [0.25, 0.3) is 0 Å². The monoisotopic (exact) mass is 299 g/mol. The number of benzene rings is 3. The van der Waals surface area contributed by atoms with E-state index in [9.17, 15) is 0 Å². The lowest BCUT2D eigenvalue weighted by Gasteiger charge is -2.39. The molecule has 0 fully saturated rings. The van der Waals surface area contributed by atoms with Crippen molar-refractivity contribution in [3.05, 3.63) is 102 Å². The summed E-state index contributed by atoms with van der Waals surface area (Å²) < 4.78 is 0.